The van der Waals surface area contributed by atoms with E-state index >= 15 is 0 Å². The molecule has 2 aromatic heterocycles. The quantitative estimate of drug-likeness (QED) is 0.122. The fraction of sp³-hybridized carbons (Fsp3) is 0.125. The first kappa shape index (κ1) is 28.2. The van der Waals surface area contributed by atoms with E-state index in [2.05, 4.69) is 15.6 Å². The number of hydrogen-bond donors (Lipinski definition) is 6. The van der Waals surface area contributed by atoms with Gasteiger partial charge in [0.15, 0.2) is 4.96 Å². The molecule has 4 aromatic rings. The van der Waals surface area contributed by atoms with Gasteiger partial charge in [-0.2, -0.15) is 0 Å². The van der Waals surface area contributed by atoms with E-state index < -0.39 is 50.0 Å². The van der Waals surface area contributed by atoms with Crippen molar-refractivity contribution in [3.63, 3.8) is 0 Å². The molecule has 0 bridgehead atoms. The molecule has 6 N–H and O–H groups in total. The molecule has 0 saturated heterocycles. The van der Waals surface area contributed by atoms with Crippen LogP contribution in [0.3, 0.4) is 0 Å². The summed E-state index contributed by atoms with van der Waals surface area (Å²) in [4.78, 5) is 74.3. The SMILES string of the molecule is O=C(O)c1cccc2c1OB(O)C(NC(=O)C(NC(=O)c1cnc3sccn3c1=O)c1ccc(P(=O)(O)O)cc1)C2. The highest BCUT2D eigenvalue weighted by Crippen LogP contribution is 2.33. The largest absolute Gasteiger partial charge is 0.547 e. The van der Waals surface area contributed by atoms with Gasteiger partial charge >= 0.3 is 20.7 Å². The maximum absolute atomic E-state index is 13.5. The molecular formula is C24H20BN4O10PS. The fourth-order valence-corrected chi connectivity index (χ4v) is 5.55. The van der Waals surface area contributed by atoms with Crippen LogP contribution in [-0.4, -0.2) is 60.1 Å². The van der Waals surface area contributed by atoms with Crippen molar-refractivity contribution in [1.82, 2.24) is 20.0 Å². The molecule has 0 radical (unpaired) electrons. The Kier molecular flexibility index (Phi) is 7.51. The molecule has 2 aromatic carbocycles. The van der Waals surface area contributed by atoms with Gasteiger partial charge in [-0.05, 0) is 35.7 Å². The van der Waals surface area contributed by atoms with Gasteiger partial charge in [0.2, 0.25) is 5.91 Å². The minimum atomic E-state index is -4.60. The van der Waals surface area contributed by atoms with Crippen molar-refractivity contribution in [3.8, 4) is 5.75 Å². The van der Waals surface area contributed by atoms with Gasteiger partial charge in [0.1, 0.15) is 17.4 Å². The molecule has 1 aliphatic rings. The van der Waals surface area contributed by atoms with Crippen LogP contribution in [0.5, 0.6) is 5.75 Å². The zero-order chi connectivity index (χ0) is 29.5. The topological polar surface area (TPSA) is 217 Å². The van der Waals surface area contributed by atoms with Crippen molar-refractivity contribution in [2.24, 2.45) is 0 Å². The molecule has 210 valence electrons. The molecule has 5 rings (SSSR count). The second-order valence-corrected chi connectivity index (χ2v) is 11.5. The number of aromatic carboxylic acids is 1. The Bertz CT molecular complexity index is 1790. The highest BCUT2D eigenvalue weighted by molar-refractivity contribution is 7.60. The van der Waals surface area contributed by atoms with E-state index in [9.17, 15) is 43.7 Å². The zero-order valence-corrected chi connectivity index (χ0v) is 22.4. The number of carbonyl (C=O) groups excluding carboxylic acids is 2. The average Bonchev–Trinajstić information content (AvgIpc) is 3.41. The van der Waals surface area contributed by atoms with Crippen LogP contribution in [0.25, 0.3) is 4.96 Å². The minimum absolute atomic E-state index is 0.0126. The van der Waals surface area contributed by atoms with Crippen LogP contribution < -0.4 is 26.2 Å². The third-order valence-electron chi connectivity index (χ3n) is 6.37. The molecule has 0 aliphatic carbocycles. The van der Waals surface area contributed by atoms with Crippen LogP contribution in [0.2, 0.25) is 0 Å². The van der Waals surface area contributed by atoms with Crippen molar-refractivity contribution in [3.05, 3.63) is 92.8 Å². The van der Waals surface area contributed by atoms with E-state index in [1.807, 2.05) is 0 Å². The number of nitrogens with zero attached hydrogens (tertiary/aromatic N) is 2. The number of carbonyl (C=O) groups is 3. The summed E-state index contributed by atoms with van der Waals surface area (Å²) < 4.78 is 18.2. The Labute approximate surface area is 234 Å². The number of aromatic nitrogens is 2. The molecule has 0 fully saturated rings. The number of hydrogen-bond acceptors (Lipinski definition) is 9. The predicted molar refractivity (Wildman–Crippen MR) is 145 cm³/mol. The van der Waals surface area contributed by atoms with Crippen LogP contribution >= 0.6 is 18.9 Å². The van der Waals surface area contributed by atoms with Gasteiger partial charge in [0.05, 0.1) is 16.8 Å². The highest BCUT2D eigenvalue weighted by Gasteiger charge is 2.39. The standard InChI is InChI=1S/C24H20BN4O10PS/c30-20(16-11-26-24-29(22(16)32)8-9-41-24)28-18(12-4-6-14(7-5-12)40(36,37)38)21(31)27-17-10-13-2-1-3-15(23(33)34)19(13)39-25(17)35/h1-9,11,17-18,35H,10H2,(H,27,31)(H,28,30)(H,33,34)(H2,36,37,38). The second-order valence-electron chi connectivity index (χ2n) is 9.00. The summed E-state index contributed by atoms with van der Waals surface area (Å²) >= 11 is 1.18. The van der Waals surface area contributed by atoms with Crippen LogP contribution in [0.1, 0.15) is 37.9 Å². The number of carboxylic acid groups (broad SMARTS) is 1. The Morgan fingerprint density at radius 2 is 1.88 bits per heavy atom. The number of benzene rings is 2. The first-order chi connectivity index (χ1) is 19.4. The van der Waals surface area contributed by atoms with Gasteiger partial charge < -0.3 is 35.2 Å². The predicted octanol–water partition coefficient (Wildman–Crippen LogP) is -0.132. The lowest BCUT2D eigenvalue weighted by atomic mass is 9.72. The van der Waals surface area contributed by atoms with Crippen molar-refractivity contribution >= 4 is 54.1 Å². The number of nitrogens with one attached hydrogen (secondary N) is 2. The molecule has 2 amide bonds. The molecule has 14 nitrogen and oxygen atoms in total. The molecule has 0 spiro atoms. The van der Waals surface area contributed by atoms with Crippen LogP contribution in [-0.2, 0) is 15.8 Å². The lowest BCUT2D eigenvalue weighted by Crippen LogP contribution is -2.55. The molecule has 41 heavy (non-hydrogen) atoms. The summed E-state index contributed by atoms with van der Waals surface area (Å²) in [7, 11) is -6.24. The maximum Gasteiger partial charge on any atom is 0.547 e. The number of rotatable bonds is 7. The van der Waals surface area contributed by atoms with Gasteiger partial charge in [-0.25, -0.2) is 9.78 Å². The normalized spacial score (nSPS) is 15.5. The third-order valence-corrected chi connectivity index (χ3v) is 8.11. The van der Waals surface area contributed by atoms with E-state index in [4.69, 9.17) is 4.65 Å². The summed E-state index contributed by atoms with van der Waals surface area (Å²) in [5.41, 5.74) is -0.676. The third kappa shape index (κ3) is 5.64. The van der Waals surface area contributed by atoms with Gasteiger partial charge in [0.25, 0.3) is 11.5 Å². The molecule has 17 heteroatoms. The summed E-state index contributed by atoms with van der Waals surface area (Å²) in [6.45, 7) is 0. The lowest BCUT2D eigenvalue weighted by Gasteiger charge is -2.30. The summed E-state index contributed by atoms with van der Waals surface area (Å²) in [5, 5.41) is 26.3. The Balaban J connectivity index is 1.44. The van der Waals surface area contributed by atoms with E-state index in [-0.39, 0.29) is 34.2 Å². The Morgan fingerprint density at radius 1 is 1.15 bits per heavy atom. The maximum atomic E-state index is 13.5. The molecule has 3 heterocycles. The number of thiazole rings is 1. The number of para-hydroxylation sites is 1. The van der Waals surface area contributed by atoms with Crippen LogP contribution in [0, 0.1) is 0 Å². The van der Waals surface area contributed by atoms with Crippen molar-refractivity contribution in [2.75, 3.05) is 0 Å². The minimum Gasteiger partial charge on any atom is -0.534 e. The van der Waals surface area contributed by atoms with Gasteiger partial charge in [0, 0.05) is 17.8 Å². The molecule has 2 unspecified atom stereocenters. The summed E-state index contributed by atoms with van der Waals surface area (Å²) in [5.74, 6) is -4.16. The Hall–Kier alpha value is -4.34. The van der Waals surface area contributed by atoms with E-state index in [0.717, 1.165) is 18.3 Å². The van der Waals surface area contributed by atoms with Crippen molar-refractivity contribution in [1.29, 1.82) is 0 Å². The zero-order valence-electron chi connectivity index (χ0n) is 20.7. The molecule has 2 atom stereocenters. The molecular weight excluding hydrogens is 578 g/mol. The van der Waals surface area contributed by atoms with Crippen LogP contribution in [0.4, 0.5) is 0 Å². The molecule has 0 saturated carbocycles. The fourth-order valence-electron chi connectivity index (χ4n) is 4.33. The smallest absolute Gasteiger partial charge is 0.534 e. The lowest BCUT2D eigenvalue weighted by molar-refractivity contribution is -0.123. The monoisotopic (exact) mass is 598 g/mol. The van der Waals surface area contributed by atoms with Crippen LogP contribution in [0.15, 0.2) is 65.0 Å². The number of carboxylic acids is 1. The number of fused-ring (bicyclic) bond motifs is 2. The second kappa shape index (κ2) is 10.9. The van der Waals surface area contributed by atoms with Gasteiger partial charge in [-0.15, -0.1) is 11.3 Å². The van der Waals surface area contributed by atoms with E-state index in [1.54, 1.807) is 11.4 Å². The number of amides is 2. The van der Waals surface area contributed by atoms with Crippen molar-refractivity contribution in [2.45, 2.75) is 18.4 Å². The first-order valence-corrected chi connectivity index (χ1v) is 14.4. The highest BCUT2D eigenvalue weighted by atomic mass is 32.1. The summed E-state index contributed by atoms with van der Waals surface area (Å²) in [6, 6.07) is 7.54. The summed E-state index contributed by atoms with van der Waals surface area (Å²) in [6.07, 6.45) is 2.50. The first-order valence-electron chi connectivity index (χ1n) is 11.9. The van der Waals surface area contributed by atoms with Gasteiger partial charge in [-0.1, -0.05) is 24.3 Å². The van der Waals surface area contributed by atoms with E-state index in [1.165, 1.54) is 46.2 Å². The average molecular weight is 598 g/mol. The van der Waals surface area contributed by atoms with E-state index in [0.29, 0.717) is 10.5 Å². The van der Waals surface area contributed by atoms with Crippen molar-refractivity contribution < 1.29 is 43.5 Å². The Morgan fingerprint density at radius 3 is 2.56 bits per heavy atom. The molecule has 1 aliphatic heterocycles. The van der Waals surface area contributed by atoms with Gasteiger partial charge in [-0.3, -0.25) is 23.3 Å².